The number of carbonyl (C=O) groups is 6. The van der Waals surface area contributed by atoms with Crippen LogP contribution in [0.15, 0.2) is 97.1 Å². The van der Waals surface area contributed by atoms with E-state index in [-0.39, 0.29) is 68.0 Å². The number of carboxylic acid groups (broad SMARTS) is 4. The number of carboxylic acids is 4. The maximum atomic E-state index is 10.2. The van der Waals surface area contributed by atoms with Crippen molar-refractivity contribution in [1.29, 1.82) is 0 Å². The third kappa shape index (κ3) is 32.0. The number of halogens is 4. The molecule has 0 aliphatic carbocycles. The number of carbonyl (C=O) groups excluding carboxylic acids is 6. The van der Waals surface area contributed by atoms with Crippen LogP contribution in [0.25, 0.3) is 0 Å². The maximum absolute atomic E-state index is 10.2. The Morgan fingerprint density at radius 2 is 0.440 bits per heavy atom. The van der Waals surface area contributed by atoms with E-state index in [1.807, 2.05) is 0 Å². The first-order chi connectivity index (χ1) is 22.3. The van der Waals surface area contributed by atoms with Crippen molar-refractivity contribution < 1.29 is 83.3 Å². The normalized spacial score (nSPS) is 8.48. The molecular formula is C34H28Cu2I4O10. The van der Waals surface area contributed by atoms with Gasteiger partial charge in [-0.15, -0.1) is 0 Å². The second-order valence-corrected chi connectivity index (χ2v) is 14.0. The van der Waals surface area contributed by atoms with Crippen molar-refractivity contribution in [3.63, 3.8) is 0 Å². The van der Waals surface area contributed by atoms with Gasteiger partial charge in [0.25, 0.3) is 0 Å². The number of Topliss-reactive ketones (excluding diaryl/α,β-unsaturated/α-hetero) is 2. The van der Waals surface area contributed by atoms with Crippen LogP contribution in [0.5, 0.6) is 0 Å². The van der Waals surface area contributed by atoms with Crippen LogP contribution in [0.3, 0.4) is 0 Å². The predicted molar refractivity (Wildman–Crippen MR) is 207 cm³/mol. The van der Waals surface area contributed by atoms with Gasteiger partial charge in [0.1, 0.15) is 11.6 Å². The Kier molecular flexibility index (Phi) is 34.8. The summed E-state index contributed by atoms with van der Waals surface area (Å²) >= 11 is 8.43. The summed E-state index contributed by atoms with van der Waals surface area (Å²) in [5.74, 6) is -4.18. The molecule has 274 valence electrons. The van der Waals surface area contributed by atoms with Gasteiger partial charge in [-0.2, -0.15) is 0 Å². The molecule has 0 fully saturated rings. The van der Waals surface area contributed by atoms with Gasteiger partial charge in [0.15, 0.2) is 0 Å². The van der Waals surface area contributed by atoms with E-state index in [0.717, 1.165) is 14.3 Å². The Balaban J connectivity index is -0.000000260. The zero-order chi connectivity index (χ0) is 37.4. The molecule has 0 saturated carbocycles. The minimum atomic E-state index is -1.13. The molecule has 16 heteroatoms. The number of rotatable bonds is 4. The summed E-state index contributed by atoms with van der Waals surface area (Å²) in [7, 11) is 0. The molecule has 0 atom stereocenters. The molecule has 0 aromatic heterocycles. The molecule has 0 saturated heterocycles. The van der Waals surface area contributed by atoms with Gasteiger partial charge in [-0.25, -0.2) is 0 Å². The third-order valence-corrected chi connectivity index (χ3v) is 7.20. The van der Waals surface area contributed by atoms with E-state index in [0.29, 0.717) is 0 Å². The van der Waals surface area contributed by atoms with Crippen molar-refractivity contribution in [3.8, 4) is 0 Å². The first-order valence-corrected chi connectivity index (χ1v) is 17.4. The van der Waals surface area contributed by atoms with Gasteiger partial charge >= 0.3 is 34.1 Å². The molecule has 0 spiro atoms. The monoisotopic (exact) mass is 1230 g/mol. The SMILES string of the molecule is CC(C)=O.CC(C)=O.O=C([O-])c1ccc(I)cc1.O=C([O-])c1ccc(I)cc1.O=C([O-])c1ccc(I)cc1.O=C([O-])c1ccc(I)cc1.[Cu+2].[Cu+2]. The maximum Gasteiger partial charge on any atom is 2.00 e. The molecule has 0 aliphatic rings. The molecule has 4 rings (SSSR count). The summed E-state index contributed by atoms with van der Waals surface area (Å²) in [5, 5.41) is 40.8. The fourth-order valence-electron chi connectivity index (χ4n) is 2.34. The Morgan fingerprint density at radius 3 is 0.520 bits per heavy atom. The molecule has 0 aliphatic heterocycles. The van der Waals surface area contributed by atoms with E-state index in [2.05, 4.69) is 90.4 Å². The number of aromatic carboxylic acids is 4. The smallest absolute Gasteiger partial charge is 0.545 e. The Labute approximate surface area is 366 Å². The topological polar surface area (TPSA) is 195 Å². The van der Waals surface area contributed by atoms with Gasteiger partial charge < -0.3 is 49.2 Å². The van der Waals surface area contributed by atoms with Crippen LogP contribution in [-0.2, 0) is 43.7 Å². The average Bonchev–Trinajstić information content (AvgIpc) is 2.98. The molecule has 0 amide bonds. The van der Waals surface area contributed by atoms with E-state index in [9.17, 15) is 49.2 Å². The quantitative estimate of drug-likeness (QED) is 0.214. The largest absolute Gasteiger partial charge is 2.00 e. The summed E-state index contributed by atoms with van der Waals surface area (Å²) < 4.78 is 4.07. The molecule has 50 heavy (non-hydrogen) atoms. The van der Waals surface area contributed by atoms with Crippen molar-refractivity contribution in [2.24, 2.45) is 0 Å². The first-order valence-electron chi connectivity index (χ1n) is 13.1. The van der Waals surface area contributed by atoms with E-state index in [1.54, 1.807) is 48.5 Å². The van der Waals surface area contributed by atoms with E-state index in [1.165, 1.54) is 76.2 Å². The number of benzene rings is 4. The van der Waals surface area contributed by atoms with E-state index >= 15 is 0 Å². The number of hydrogen-bond acceptors (Lipinski definition) is 10. The summed E-state index contributed by atoms with van der Waals surface area (Å²) in [6.45, 7) is 6.11. The second kappa shape index (κ2) is 31.8. The Morgan fingerprint density at radius 1 is 0.340 bits per heavy atom. The molecule has 0 N–H and O–H groups in total. The standard InChI is InChI=1S/4C7H5IO2.2C3H6O.2Cu/c4*8-6-3-1-5(2-4-6)7(9)10;2*1-3(2)4;;/h4*1-4H,(H,9,10);2*1-2H3;;/q;;;;;;2*+2/p-4. The molecule has 4 aromatic carbocycles. The van der Waals surface area contributed by atoms with Gasteiger partial charge in [0, 0.05) is 14.3 Å². The number of ketones is 2. The van der Waals surface area contributed by atoms with Gasteiger partial charge in [-0.1, -0.05) is 48.5 Å². The fraction of sp³-hybridized carbons (Fsp3) is 0.118. The van der Waals surface area contributed by atoms with Crippen molar-refractivity contribution in [2.75, 3.05) is 0 Å². The molecule has 0 unspecified atom stereocenters. The van der Waals surface area contributed by atoms with E-state index in [4.69, 9.17) is 0 Å². The van der Waals surface area contributed by atoms with Crippen molar-refractivity contribution >= 4 is 126 Å². The zero-order valence-corrected chi connectivity index (χ0v) is 36.9. The molecule has 10 nitrogen and oxygen atoms in total. The summed E-state index contributed by atoms with van der Waals surface area (Å²) in [4.78, 5) is 59.7. The second-order valence-electron chi connectivity index (χ2n) is 8.99. The van der Waals surface area contributed by atoms with Crippen molar-refractivity contribution in [1.82, 2.24) is 0 Å². The molecule has 2 radical (unpaired) electrons. The van der Waals surface area contributed by atoms with Gasteiger partial charge in [-0.05, 0) is 189 Å². The van der Waals surface area contributed by atoms with E-state index < -0.39 is 23.9 Å². The van der Waals surface area contributed by atoms with Crippen LogP contribution < -0.4 is 20.4 Å². The van der Waals surface area contributed by atoms with Gasteiger partial charge in [0.05, 0.1) is 23.9 Å². The van der Waals surface area contributed by atoms with Crippen LogP contribution in [-0.4, -0.2) is 35.4 Å². The van der Waals surface area contributed by atoms with Crippen LogP contribution >= 0.6 is 90.4 Å². The molecule has 0 heterocycles. The minimum Gasteiger partial charge on any atom is -0.545 e. The third-order valence-electron chi connectivity index (χ3n) is 4.32. The molecule has 0 bridgehead atoms. The Hall–Kier alpha value is -1.94. The minimum absolute atomic E-state index is 0. The van der Waals surface area contributed by atoms with Gasteiger partial charge in [0.2, 0.25) is 0 Å². The average molecular weight is 1230 g/mol. The molecule has 4 aromatic rings. The van der Waals surface area contributed by atoms with Crippen LogP contribution in [0.4, 0.5) is 0 Å². The Bertz CT molecular complexity index is 1370. The van der Waals surface area contributed by atoms with Crippen LogP contribution in [0.2, 0.25) is 0 Å². The predicted octanol–water partition coefficient (Wildman–Crippen LogP) is 3.80. The van der Waals surface area contributed by atoms with Crippen LogP contribution in [0.1, 0.15) is 69.1 Å². The number of hydrogen-bond donors (Lipinski definition) is 0. The first kappa shape index (κ1) is 54.8. The molecular weight excluding hydrogens is 1200 g/mol. The fourth-order valence-corrected chi connectivity index (χ4v) is 3.78. The van der Waals surface area contributed by atoms with Crippen molar-refractivity contribution in [2.45, 2.75) is 27.7 Å². The zero-order valence-electron chi connectivity index (χ0n) is 26.4. The summed E-state index contributed by atoms with van der Waals surface area (Å²) in [6.07, 6.45) is 0. The summed E-state index contributed by atoms with van der Waals surface area (Å²) in [5.41, 5.74) is 0.890. The van der Waals surface area contributed by atoms with Crippen LogP contribution in [0, 0.1) is 14.3 Å². The van der Waals surface area contributed by atoms with Gasteiger partial charge in [-0.3, -0.25) is 0 Å². The summed E-state index contributed by atoms with van der Waals surface area (Å²) in [6, 6.07) is 26.0. The van der Waals surface area contributed by atoms with Crippen molar-refractivity contribution in [3.05, 3.63) is 134 Å².